The van der Waals surface area contributed by atoms with E-state index < -0.39 is 0 Å². The lowest BCUT2D eigenvalue weighted by molar-refractivity contribution is 0.302. The van der Waals surface area contributed by atoms with E-state index in [-0.39, 0.29) is 5.69 Å². The van der Waals surface area contributed by atoms with Crippen LogP contribution in [0.3, 0.4) is 0 Å². The average molecular weight is 423 g/mol. The molecule has 0 spiro atoms. The number of aryl methyl sites for hydroxylation is 1. The highest BCUT2D eigenvalue weighted by Crippen LogP contribution is 2.43. The van der Waals surface area contributed by atoms with Crippen molar-refractivity contribution in [1.82, 2.24) is 20.2 Å². The van der Waals surface area contributed by atoms with Crippen LogP contribution >= 0.6 is 0 Å². The predicted molar refractivity (Wildman–Crippen MR) is 120 cm³/mol. The summed E-state index contributed by atoms with van der Waals surface area (Å²) in [5.74, 6) is 1.24. The van der Waals surface area contributed by atoms with Crippen LogP contribution in [0.5, 0.6) is 5.75 Å². The number of ether oxygens (including phenoxy) is 1. The van der Waals surface area contributed by atoms with Crippen molar-refractivity contribution in [1.29, 1.82) is 5.26 Å². The summed E-state index contributed by atoms with van der Waals surface area (Å²) in [5.41, 5.74) is 5.93. The maximum Gasteiger partial charge on any atom is 0.365 e. The van der Waals surface area contributed by atoms with E-state index in [1.54, 1.807) is 0 Å². The van der Waals surface area contributed by atoms with Gasteiger partial charge in [-0.25, -0.2) is 9.89 Å². The number of rotatable bonds is 6. The van der Waals surface area contributed by atoms with E-state index in [4.69, 9.17) is 4.74 Å². The number of benzene rings is 3. The van der Waals surface area contributed by atoms with Gasteiger partial charge in [-0.05, 0) is 82.6 Å². The molecule has 1 aromatic heterocycles. The van der Waals surface area contributed by atoms with Crippen molar-refractivity contribution in [3.05, 3.63) is 93.4 Å². The molecule has 5 rings (SSSR count). The fraction of sp³-hybridized carbons (Fsp3) is 0.200. The first-order valence-electron chi connectivity index (χ1n) is 10.5. The number of aromatic nitrogens is 4. The molecule has 1 saturated carbocycles. The van der Waals surface area contributed by atoms with Gasteiger partial charge < -0.3 is 4.74 Å². The summed E-state index contributed by atoms with van der Waals surface area (Å²) in [4.78, 5) is 12.1. The zero-order valence-corrected chi connectivity index (χ0v) is 17.6. The van der Waals surface area contributed by atoms with Crippen LogP contribution in [-0.2, 0) is 6.61 Å². The fourth-order valence-corrected chi connectivity index (χ4v) is 4.04. The number of hydrogen-bond acceptors (Lipinski definition) is 5. The molecule has 0 bridgehead atoms. The third-order valence-electron chi connectivity index (χ3n) is 5.81. The van der Waals surface area contributed by atoms with Crippen molar-refractivity contribution in [2.45, 2.75) is 32.3 Å². The molecule has 0 amide bonds. The largest absolute Gasteiger partial charge is 0.489 e. The molecule has 1 fully saturated rings. The summed E-state index contributed by atoms with van der Waals surface area (Å²) >= 11 is 0. The monoisotopic (exact) mass is 423 g/mol. The number of H-pyrrole nitrogens is 1. The average Bonchev–Trinajstić information content (AvgIpc) is 3.58. The minimum absolute atomic E-state index is 0.316. The third-order valence-corrected chi connectivity index (χ3v) is 5.81. The molecule has 4 aromatic rings. The fourth-order valence-electron chi connectivity index (χ4n) is 4.04. The topological polar surface area (TPSA) is 96.6 Å². The SMILES string of the molecule is Cc1cc(-c2ccccc2C#N)ccc1OCc1c(C2CC2)cccc1-n1nn[nH]c1=O. The second-order valence-corrected chi connectivity index (χ2v) is 7.96. The summed E-state index contributed by atoms with van der Waals surface area (Å²) < 4.78 is 7.51. The van der Waals surface area contributed by atoms with Crippen molar-refractivity contribution in [2.24, 2.45) is 0 Å². The number of aromatic amines is 1. The maximum absolute atomic E-state index is 12.1. The molecule has 0 saturated heterocycles. The molecule has 7 nitrogen and oxygen atoms in total. The highest BCUT2D eigenvalue weighted by Gasteiger charge is 2.28. The zero-order chi connectivity index (χ0) is 22.1. The lowest BCUT2D eigenvalue weighted by Crippen LogP contribution is -2.19. The summed E-state index contributed by atoms with van der Waals surface area (Å²) in [6, 6.07) is 21.6. The van der Waals surface area contributed by atoms with Gasteiger partial charge in [0.1, 0.15) is 12.4 Å². The van der Waals surface area contributed by atoms with Gasteiger partial charge in [0.2, 0.25) is 0 Å². The quantitative estimate of drug-likeness (QED) is 0.500. The molecule has 1 N–H and O–H groups in total. The van der Waals surface area contributed by atoms with Gasteiger partial charge in [-0.3, -0.25) is 0 Å². The minimum Gasteiger partial charge on any atom is -0.489 e. The van der Waals surface area contributed by atoms with Gasteiger partial charge in [0, 0.05) is 5.56 Å². The minimum atomic E-state index is -0.379. The van der Waals surface area contributed by atoms with E-state index in [0.29, 0.717) is 23.8 Å². The van der Waals surface area contributed by atoms with Crippen molar-refractivity contribution in [3.63, 3.8) is 0 Å². The first kappa shape index (κ1) is 19.8. The second-order valence-electron chi connectivity index (χ2n) is 7.96. The molecule has 3 aromatic carbocycles. The Balaban J connectivity index is 1.46. The molecular formula is C25H21N5O2. The third kappa shape index (κ3) is 3.67. The first-order chi connectivity index (χ1) is 15.7. The lowest BCUT2D eigenvalue weighted by atomic mass is 9.98. The van der Waals surface area contributed by atoms with E-state index >= 15 is 0 Å². The van der Waals surface area contributed by atoms with Crippen LogP contribution in [0, 0.1) is 18.3 Å². The molecule has 0 unspecified atom stereocenters. The van der Waals surface area contributed by atoms with Crippen LogP contribution in [0.1, 0.15) is 41.0 Å². The van der Waals surface area contributed by atoms with Gasteiger partial charge in [-0.15, -0.1) is 0 Å². The molecular weight excluding hydrogens is 402 g/mol. The smallest absolute Gasteiger partial charge is 0.365 e. The Kier molecular flexibility index (Phi) is 5.04. The molecule has 0 aliphatic heterocycles. The Morgan fingerprint density at radius 1 is 1.16 bits per heavy atom. The van der Waals surface area contributed by atoms with Crippen LogP contribution < -0.4 is 10.4 Å². The molecule has 32 heavy (non-hydrogen) atoms. The Morgan fingerprint density at radius 2 is 2.00 bits per heavy atom. The lowest BCUT2D eigenvalue weighted by Gasteiger charge is -2.16. The van der Waals surface area contributed by atoms with Gasteiger partial charge in [-0.2, -0.15) is 9.94 Å². The number of hydrogen-bond donors (Lipinski definition) is 1. The van der Waals surface area contributed by atoms with Crippen molar-refractivity contribution < 1.29 is 4.74 Å². The van der Waals surface area contributed by atoms with Crippen LogP contribution in [0.4, 0.5) is 0 Å². The van der Waals surface area contributed by atoms with Crippen molar-refractivity contribution in [3.8, 4) is 28.6 Å². The van der Waals surface area contributed by atoms with Crippen LogP contribution in [0.25, 0.3) is 16.8 Å². The van der Waals surface area contributed by atoms with Gasteiger partial charge in [-0.1, -0.05) is 36.4 Å². The van der Waals surface area contributed by atoms with Crippen LogP contribution in [0.15, 0.2) is 65.5 Å². The Bertz CT molecular complexity index is 1390. The summed E-state index contributed by atoms with van der Waals surface area (Å²) in [7, 11) is 0. The maximum atomic E-state index is 12.1. The Morgan fingerprint density at radius 3 is 2.72 bits per heavy atom. The molecule has 1 aliphatic rings. The van der Waals surface area contributed by atoms with Crippen LogP contribution in [0.2, 0.25) is 0 Å². The Hall–Kier alpha value is -4.18. The summed E-state index contributed by atoms with van der Waals surface area (Å²) in [6.07, 6.45) is 2.27. The summed E-state index contributed by atoms with van der Waals surface area (Å²) in [5, 5.41) is 19.3. The molecule has 0 atom stereocenters. The van der Waals surface area contributed by atoms with Gasteiger partial charge in [0.05, 0.1) is 17.3 Å². The van der Waals surface area contributed by atoms with Crippen LogP contribution in [-0.4, -0.2) is 20.2 Å². The van der Waals surface area contributed by atoms with E-state index in [1.807, 2.05) is 61.5 Å². The highest BCUT2D eigenvalue weighted by molar-refractivity contribution is 5.71. The molecule has 7 heteroatoms. The van der Waals surface area contributed by atoms with Gasteiger partial charge >= 0.3 is 5.69 Å². The second kappa shape index (κ2) is 8.16. The normalized spacial score (nSPS) is 13.0. The predicted octanol–water partition coefficient (Wildman–Crippen LogP) is 4.26. The first-order valence-corrected chi connectivity index (χ1v) is 10.5. The number of tetrazole rings is 1. The molecule has 1 aliphatic carbocycles. The Labute approximate surface area is 184 Å². The van der Waals surface area contributed by atoms with Crippen molar-refractivity contribution >= 4 is 0 Å². The number of nitrogens with one attached hydrogen (secondary N) is 1. The van der Waals surface area contributed by atoms with E-state index in [2.05, 4.69) is 27.7 Å². The molecule has 158 valence electrons. The van der Waals surface area contributed by atoms with E-state index in [1.165, 1.54) is 10.2 Å². The highest BCUT2D eigenvalue weighted by atomic mass is 16.5. The van der Waals surface area contributed by atoms with Gasteiger partial charge in [0.15, 0.2) is 0 Å². The standard InChI is InChI=1S/C25H21N5O2/c1-16-13-18(20-6-3-2-5-19(20)14-26)11-12-24(16)32-15-22-21(17-9-10-17)7-4-8-23(22)30-25(31)27-28-29-30/h2-8,11-13,17H,9-10,15H2,1H3,(H,27,29,31). The van der Waals surface area contributed by atoms with E-state index in [0.717, 1.165) is 40.8 Å². The molecule has 1 heterocycles. The number of nitriles is 1. The van der Waals surface area contributed by atoms with Crippen molar-refractivity contribution in [2.75, 3.05) is 0 Å². The molecule has 0 radical (unpaired) electrons. The van der Waals surface area contributed by atoms with E-state index in [9.17, 15) is 10.1 Å². The zero-order valence-electron chi connectivity index (χ0n) is 17.6. The summed E-state index contributed by atoms with van der Waals surface area (Å²) in [6.45, 7) is 2.31. The van der Waals surface area contributed by atoms with Gasteiger partial charge in [0.25, 0.3) is 0 Å². The number of nitrogens with zero attached hydrogens (tertiary/aromatic N) is 4.